The van der Waals surface area contributed by atoms with E-state index < -0.39 is 5.63 Å². The Hall–Kier alpha value is -3.01. The Morgan fingerprint density at radius 1 is 1.12 bits per heavy atom. The summed E-state index contributed by atoms with van der Waals surface area (Å²) in [5.41, 5.74) is 1.38. The van der Waals surface area contributed by atoms with Crippen LogP contribution < -0.4 is 10.4 Å². The Kier molecular flexibility index (Phi) is 5.19. The quantitative estimate of drug-likeness (QED) is 0.518. The fraction of sp³-hybridized carbons (Fsp3) is 0.190. The molecule has 0 amide bonds. The summed E-state index contributed by atoms with van der Waals surface area (Å²) >= 11 is 0. The van der Waals surface area contributed by atoms with E-state index in [-0.39, 0.29) is 5.75 Å². The summed E-state index contributed by atoms with van der Waals surface area (Å²) in [5.74, 6) is 0.820. The molecule has 0 aliphatic carbocycles. The fourth-order valence-corrected chi connectivity index (χ4v) is 2.81. The number of para-hydroxylation sites is 1. The molecule has 1 aromatic heterocycles. The van der Waals surface area contributed by atoms with E-state index in [1.165, 1.54) is 0 Å². The van der Waals surface area contributed by atoms with Gasteiger partial charge in [0.1, 0.15) is 23.7 Å². The second kappa shape index (κ2) is 7.71. The van der Waals surface area contributed by atoms with Gasteiger partial charge in [-0.25, -0.2) is 4.79 Å². The van der Waals surface area contributed by atoms with Gasteiger partial charge in [-0.1, -0.05) is 36.9 Å². The van der Waals surface area contributed by atoms with Crippen LogP contribution in [-0.4, -0.2) is 11.7 Å². The zero-order chi connectivity index (χ0) is 17.6. The summed E-state index contributed by atoms with van der Waals surface area (Å²) in [7, 11) is 0. The molecule has 0 saturated carbocycles. The maximum absolute atomic E-state index is 12.1. The van der Waals surface area contributed by atoms with Crippen LogP contribution in [0.25, 0.3) is 11.0 Å². The average Bonchev–Trinajstić information content (AvgIpc) is 2.63. The van der Waals surface area contributed by atoms with E-state index in [9.17, 15) is 9.90 Å². The van der Waals surface area contributed by atoms with Crippen molar-refractivity contribution in [1.82, 2.24) is 0 Å². The summed E-state index contributed by atoms with van der Waals surface area (Å²) in [6.07, 6.45) is 3.66. The van der Waals surface area contributed by atoms with Crippen molar-refractivity contribution in [3.05, 3.63) is 82.7 Å². The van der Waals surface area contributed by atoms with Crippen molar-refractivity contribution in [2.45, 2.75) is 19.3 Å². The summed E-state index contributed by atoms with van der Waals surface area (Å²) in [6, 6.07) is 14.8. The molecule has 0 radical (unpaired) electrons. The summed E-state index contributed by atoms with van der Waals surface area (Å²) < 4.78 is 10.8. The van der Waals surface area contributed by atoms with Crippen molar-refractivity contribution in [3.63, 3.8) is 0 Å². The van der Waals surface area contributed by atoms with Crippen LogP contribution in [0, 0.1) is 0 Å². The largest absolute Gasteiger partial charge is 0.507 e. The molecule has 0 aliphatic rings. The van der Waals surface area contributed by atoms with Crippen molar-refractivity contribution in [2.24, 2.45) is 0 Å². The zero-order valence-electron chi connectivity index (χ0n) is 13.9. The normalized spacial score (nSPS) is 10.7. The van der Waals surface area contributed by atoms with E-state index in [0.717, 1.165) is 24.2 Å². The number of fused-ring (bicyclic) bond motifs is 1. The monoisotopic (exact) mass is 336 g/mol. The van der Waals surface area contributed by atoms with Crippen molar-refractivity contribution < 1.29 is 14.3 Å². The second-order valence-electron chi connectivity index (χ2n) is 5.81. The topological polar surface area (TPSA) is 59.7 Å². The Balaban J connectivity index is 1.71. The predicted molar refractivity (Wildman–Crippen MR) is 98.3 cm³/mol. The third kappa shape index (κ3) is 3.91. The van der Waals surface area contributed by atoms with E-state index in [1.807, 2.05) is 24.3 Å². The maximum Gasteiger partial charge on any atom is 0.343 e. The molecular weight excluding hydrogens is 316 g/mol. The van der Waals surface area contributed by atoms with Crippen LogP contribution in [-0.2, 0) is 12.8 Å². The zero-order valence-corrected chi connectivity index (χ0v) is 13.9. The molecule has 4 heteroatoms. The molecule has 0 unspecified atom stereocenters. The number of aromatic hydroxyl groups is 1. The number of hydrogen-bond donors (Lipinski definition) is 1. The molecule has 2 aromatic carbocycles. The van der Waals surface area contributed by atoms with Gasteiger partial charge < -0.3 is 14.3 Å². The Labute approximate surface area is 146 Å². The molecule has 25 heavy (non-hydrogen) atoms. The minimum Gasteiger partial charge on any atom is -0.507 e. The van der Waals surface area contributed by atoms with Crippen molar-refractivity contribution in [1.29, 1.82) is 0 Å². The van der Waals surface area contributed by atoms with Crippen LogP contribution in [0.5, 0.6) is 11.5 Å². The van der Waals surface area contributed by atoms with Crippen LogP contribution in [0.15, 0.2) is 70.4 Å². The summed E-state index contributed by atoms with van der Waals surface area (Å²) in [5, 5.41) is 10.9. The molecule has 0 spiro atoms. The van der Waals surface area contributed by atoms with Crippen molar-refractivity contribution in [3.8, 4) is 11.5 Å². The van der Waals surface area contributed by atoms with Crippen LogP contribution in [0.3, 0.4) is 0 Å². The lowest BCUT2D eigenvalue weighted by atomic mass is 10.0. The number of rotatable bonds is 7. The van der Waals surface area contributed by atoms with Gasteiger partial charge in [0.2, 0.25) is 0 Å². The highest BCUT2D eigenvalue weighted by molar-refractivity contribution is 5.83. The van der Waals surface area contributed by atoms with Gasteiger partial charge in [0.05, 0.1) is 10.9 Å². The lowest BCUT2D eigenvalue weighted by Crippen LogP contribution is -2.08. The Morgan fingerprint density at radius 2 is 1.96 bits per heavy atom. The third-order valence-electron chi connectivity index (χ3n) is 4.04. The maximum atomic E-state index is 12.1. The predicted octanol–water partition coefficient (Wildman–Crippen LogP) is 4.24. The van der Waals surface area contributed by atoms with Gasteiger partial charge in [-0.2, -0.15) is 0 Å². The molecule has 0 fully saturated rings. The first-order valence-electron chi connectivity index (χ1n) is 8.25. The number of ether oxygens (including phenoxy) is 1. The molecule has 4 nitrogen and oxygen atoms in total. The van der Waals surface area contributed by atoms with E-state index in [0.29, 0.717) is 29.6 Å². The van der Waals surface area contributed by atoms with Crippen LogP contribution in [0.2, 0.25) is 0 Å². The molecule has 0 bridgehead atoms. The molecule has 1 heterocycles. The van der Waals surface area contributed by atoms with Gasteiger partial charge in [0.15, 0.2) is 0 Å². The Morgan fingerprint density at radius 3 is 2.80 bits per heavy atom. The van der Waals surface area contributed by atoms with Crippen molar-refractivity contribution >= 4 is 11.0 Å². The van der Waals surface area contributed by atoms with Crippen LogP contribution in [0.4, 0.5) is 0 Å². The minimum atomic E-state index is -0.473. The molecule has 0 aliphatic heterocycles. The fourth-order valence-electron chi connectivity index (χ4n) is 2.81. The first-order valence-corrected chi connectivity index (χ1v) is 8.25. The summed E-state index contributed by atoms with van der Waals surface area (Å²) in [6.45, 7) is 4.10. The van der Waals surface area contributed by atoms with Gasteiger partial charge in [0.25, 0.3) is 0 Å². The third-order valence-corrected chi connectivity index (χ3v) is 4.04. The molecule has 3 rings (SSSR count). The van der Waals surface area contributed by atoms with Gasteiger partial charge in [-0.3, -0.25) is 0 Å². The van der Waals surface area contributed by atoms with Crippen LogP contribution in [0.1, 0.15) is 17.5 Å². The van der Waals surface area contributed by atoms with Gasteiger partial charge in [-0.05, 0) is 49.1 Å². The van der Waals surface area contributed by atoms with Gasteiger partial charge in [0, 0.05) is 0 Å². The van der Waals surface area contributed by atoms with E-state index >= 15 is 0 Å². The Bertz CT molecular complexity index is 940. The smallest absolute Gasteiger partial charge is 0.343 e. The first-order chi connectivity index (χ1) is 12.2. The molecule has 128 valence electrons. The van der Waals surface area contributed by atoms with Gasteiger partial charge >= 0.3 is 5.63 Å². The molecule has 3 aromatic rings. The van der Waals surface area contributed by atoms with E-state index in [4.69, 9.17) is 9.15 Å². The highest BCUT2D eigenvalue weighted by atomic mass is 16.5. The first kappa shape index (κ1) is 16.8. The molecule has 0 atom stereocenters. The van der Waals surface area contributed by atoms with Gasteiger partial charge in [-0.15, -0.1) is 0 Å². The number of hydrogen-bond acceptors (Lipinski definition) is 4. The average molecular weight is 336 g/mol. The number of aryl methyl sites for hydroxylation is 1. The van der Waals surface area contributed by atoms with Crippen LogP contribution >= 0.6 is 0 Å². The second-order valence-corrected chi connectivity index (χ2v) is 5.81. The van der Waals surface area contributed by atoms with E-state index in [2.05, 4.69) is 6.58 Å². The SMILES string of the molecule is C=CCOc1cccc(CCCc2c(O)c3ccccc3oc2=O)c1. The molecule has 1 N–H and O–H groups in total. The highest BCUT2D eigenvalue weighted by Crippen LogP contribution is 2.27. The molecular formula is C21H20O4. The lowest BCUT2D eigenvalue weighted by Gasteiger charge is -2.08. The minimum absolute atomic E-state index is 0.0231. The standard InChI is InChI=1S/C21H20O4/c1-2-13-24-16-9-5-7-15(14-16)8-6-11-18-20(22)17-10-3-4-12-19(17)25-21(18)23/h2-5,7,9-10,12,14,22H,1,6,8,11,13H2. The number of benzene rings is 2. The summed E-state index contributed by atoms with van der Waals surface area (Å²) in [4.78, 5) is 12.1. The lowest BCUT2D eigenvalue weighted by molar-refractivity contribution is 0.363. The highest BCUT2D eigenvalue weighted by Gasteiger charge is 2.13. The molecule has 0 saturated heterocycles. The van der Waals surface area contributed by atoms with Crippen molar-refractivity contribution in [2.75, 3.05) is 6.61 Å². The van der Waals surface area contributed by atoms with E-state index in [1.54, 1.807) is 30.3 Å².